The van der Waals surface area contributed by atoms with E-state index in [9.17, 15) is 0 Å². The molecule has 0 aromatic carbocycles. The molecule has 1 saturated heterocycles. The number of nitrogens with zero attached hydrogens (tertiary/aromatic N) is 3. The van der Waals surface area contributed by atoms with E-state index in [0.717, 1.165) is 26.3 Å². The van der Waals surface area contributed by atoms with Crippen LogP contribution in [0.1, 0.15) is 0 Å². The molecule has 0 bridgehead atoms. The van der Waals surface area contributed by atoms with E-state index in [4.69, 9.17) is 22.7 Å². The molecule has 0 saturated carbocycles. The third-order valence-electron chi connectivity index (χ3n) is 1.87. The van der Waals surface area contributed by atoms with E-state index >= 15 is 0 Å². The molecule has 2 rings (SSSR count). The summed E-state index contributed by atoms with van der Waals surface area (Å²) in [5.41, 5.74) is 8.64. The predicted octanol–water partition coefficient (Wildman–Crippen LogP) is 0.509. The lowest BCUT2D eigenvalue weighted by molar-refractivity contribution is 0.0497. The molecule has 0 amide bonds. The Labute approximate surface area is 96.1 Å². The number of hydrazine groups is 1. The SMILES string of the molecule is Nc1nc(NN2CCOCC2)sc(=S)n1. The lowest BCUT2D eigenvalue weighted by Gasteiger charge is -2.26. The summed E-state index contributed by atoms with van der Waals surface area (Å²) in [4.78, 5) is 7.90. The van der Waals surface area contributed by atoms with Crippen molar-refractivity contribution in [3.63, 3.8) is 0 Å². The molecule has 1 aliphatic rings. The molecule has 1 aliphatic heterocycles. The second-order valence-corrected chi connectivity index (χ2v) is 4.59. The third-order valence-corrected chi connectivity index (χ3v) is 2.85. The van der Waals surface area contributed by atoms with Crippen molar-refractivity contribution >= 4 is 34.6 Å². The number of hydrogen-bond donors (Lipinski definition) is 2. The van der Waals surface area contributed by atoms with Crippen molar-refractivity contribution in [1.29, 1.82) is 0 Å². The Morgan fingerprint density at radius 1 is 1.40 bits per heavy atom. The average molecular weight is 245 g/mol. The maximum atomic E-state index is 5.50. The van der Waals surface area contributed by atoms with Gasteiger partial charge in [-0.15, -0.1) is 0 Å². The van der Waals surface area contributed by atoms with E-state index in [1.54, 1.807) is 0 Å². The number of rotatable bonds is 2. The van der Waals surface area contributed by atoms with Gasteiger partial charge < -0.3 is 10.5 Å². The zero-order valence-electron chi connectivity index (χ0n) is 7.97. The van der Waals surface area contributed by atoms with Crippen LogP contribution in [0.15, 0.2) is 0 Å². The number of aromatic nitrogens is 2. The Hall–Kier alpha value is -0.830. The molecule has 2 heterocycles. The highest BCUT2D eigenvalue weighted by Crippen LogP contribution is 2.14. The molecule has 0 unspecified atom stereocenters. The standard InChI is InChI=1S/C7H11N5OS2/c8-5-9-6(15-7(14)10-5)11-12-1-3-13-4-2-12/h1-4H2,(H3,8,9,10,11,14). The van der Waals surface area contributed by atoms with E-state index in [2.05, 4.69) is 15.4 Å². The predicted molar refractivity (Wildman–Crippen MR) is 61.2 cm³/mol. The number of nitrogens with one attached hydrogen (secondary N) is 1. The fraction of sp³-hybridized carbons (Fsp3) is 0.571. The first-order valence-electron chi connectivity index (χ1n) is 4.48. The minimum Gasteiger partial charge on any atom is -0.379 e. The van der Waals surface area contributed by atoms with Crippen molar-refractivity contribution in [1.82, 2.24) is 15.0 Å². The second kappa shape index (κ2) is 4.79. The molecule has 1 aromatic rings. The number of nitrogens with two attached hydrogens (primary N) is 1. The topological polar surface area (TPSA) is 76.3 Å². The van der Waals surface area contributed by atoms with Crippen molar-refractivity contribution < 1.29 is 4.74 Å². The molecule has 1 fully saturated rings. The third kappa shape index (κ3) is 3.06. The Morgan fingerprint density at radius 2 is 2.13 bits per heavy atom. The van der Waals surface area contributed by atoms with Crippen LogP contribution in [-0.4, -0.2) is 41.3 Å². The first-order valence-corrected chi connectivity index (χ1v) is 5.70. The molecular formula is C7H11N5OS2. The average Bonchev–Trinajstić information content (AvgIpc) is 2.17. The van der Waals surface area contributed by atoms with Crippen LogP contribution in [0.25, 0.3) is 0 Å². The van der Waals surface area contributed by atoms with Gasteiger partial charge in [0.2, 0.25) is 11.1 Å². The number of nitrogen functional groups attached to an aromatic ring is 1. The van der Waals surface area contributed by atoms with E-state index in [0.29, 0.717) is 9.09 Å². The first kappa shape index (κ1) is 10.7. The van der Waals surface area contributed by atoms with Crippen LogP contribution in [0.3, 0.4) is 0 Å². The molecule has 82 valence electrons. The zero-order valence-corrected chi connectivity index (χ0v) is 9.61. The molecule has 8 heteroatoms. The minimum atomic E-state index is 0.203. The largest absolute Gasteiger partial charge is 0.379 e. The van der Waals surface area contributed by atoms with Crippen molar-refractivity contribution in [3.8, 4) is 0 Å². The summed E-state index contributed by atoms with van der Waals surface area (Å²) in [6.45, 7) is 3.09. The van der Waals surface area contributed by atoms with Crippen LogP contribution in [0, 0.1) is 3.95 Å². The van der Waals surface area contributed by atoms with Gasteiger partial charge in [-0.1, -0.05) is 11.3 Å². The molecule has 6 nitrogen and oxygen atoms in total. The van der Waals surface area contributed by atoms with Crippen molar-refractivity contribution in [3.05, 3.63) is 3.95 Å². The van der Waals surface area contributed by atoms with Crippen LogP contribution in [0.4, 0.5) is 11.1 Å². The van der Waals surface area contributed by atoms with E-state index in [1.807, 2.05) is 5.01 Å². The number of morpholine rings is 1. The highest BCUT2D eigenvalue weighted by atomic mass is 32.1. The maximum absolute atomic E-state index is 5.50. The van der Waals surface area contributed by atoms with Gasteiger partial charge in [-0.3, -0.25) is 5.43 Å². The van der Waals surface area contributed by atoms with Gasteiger partial charge in [-0.25, -0.2) is 5.01 Å². The molecule has 3 N–H and O–H groups in total. The van der Waals surface area contributed by atoms with Crippen LogP contribution in [-0.2, 0) is 4.74 Å². The van der Waals surface area contributed by atoms with Gasteiger partial charge in [-0.2, -0.15) is 9.97 Å². The smallest absolute Gasteiger partial charge is 0.224 e. The fourth-order valence-electron chi connectivity index (χ4n) is 1.21. The summed E-state index contributed by atoms with van der Waals surface area (Å²) in [6, 6.07) is 0. The van der Waals surface area contributed by atoms with Crippen molar-refractivity contribution in [2.45, 2.75) is 0 Å². The molecule has 0 spiro atoms. The van der Waals surface area contributed by atoms with Gasteiger partial charge in [0.1, 0.15) is 0 Å². The van der Waals surface area contributed by atoms with Gasteiger partial charge >= 0.3 is 0 Å². The van der Waals surface area contributed by atoms with E-state index in [-0.39, 0.29) is 5.95 Å². The van der Waals surface area contributed by atoms with E-state index < -0.39 is 0 Å². The zero-order chi connectivity index (χ0) is 10.7. The van der Waals surface area contributed by atoms with Crippen LogP contribution in [0.5, 0.6) is 0 Å². The number of hydrogen-bond acceptors (Lipinski definition) is 8. The monoisotopic (exact) mass is 245 g/mol. The Bertz CT molecular complexity index is 389. The van der Waals surface area contributed by atoms with Crippen LogP contribution < -0.4 is 11.2 Å². The Morgan fingerprint density at radius 3 is 2.80 bits per heavy atom. The lowest BCUT2D eigenvalue weighted by Crippen LogP contribution is -2.40. The quantitative estimate of drug-likeness (QED) is 0.735. The number of ether oxygens (including phenoxy) is 1. The fourth-order valence-corrected chi connectivity index (χ4v) is 2.16. The van der Waals surface area contributed by atoms with Gasteiger partial charge in [-0.05, 0) is 12.2 Å². The highest BCUT2D eigenvalue weighted by Gasteiger charge is 2.11. The normalized spacial score (nSPS) is 17.6. The molecule has 0 radical (unpaired) electrons. The molecular weight excluding hydrogens is 234 g/mol. The minimum absolute atomic E-state index is 0.203. The summed E-state index contributed by atoms with van der Waals surface area (Å²) in [5, 5.41) is 2.70. The first-order chi connectivity index (χ1) is 7.24. The maximum Gasteiger partial charge on any atom is 0.224 e. The molecule has 1 aromatic heterocycles. The lowest BCUT2D eigenvalue weighted by atomic mass is 10.5. The summed E-state index contributed by atoms with van der Waals surface area (Å²) in [5.74, 6) is 0.203. The van der Waals surface area contributed by atoms with Crippen molar-refractivity contribution in [2.24, 2.45) is 0 Å². The van der Waals surface area contributed by atoms with Gasteiger partial charge in [0.05, 0.1) is 13.2 Å². The molecule has 0 atom stereocenters. The van der Waals surface area contributed by atoms with Crippen LogP contribution in [0.2, 0.25) is 0 Å². The van der Waals surface area contributed by atoms with Gasteiger partial charge in [0, 0.05) is 13.1 Å². The van der Waals surface area contributed by atoms with E-state index in [1.165, 1.54) is 11.3 Å². The second-order valence-electron chi connectivity index (χ2n) is 2.97. The number of anilines is 2. The summed E-state index contributed by atoms with van der Waals surface area (Å²) in [7, 11) is 0. The molecule has 15 heavy (non-hydrogen) atoms. The van der Waals surface area contributed by atoms with Crippen LogP contribution >= 0.6 is 23.6 Å². The summed E-state index contributed by atoms with van der Waals surface area (Å²) in [6.07, 6.45) is 0. The molecule has 0 aliphatic carbocycles. The summed E-state index contributed by atoms with van der Waals surface area (Å²) >= 11 is 6.26. The van der Waals surface area contributed by atoms with Crippen molar-refractivity contribution in [2.75, 3.05) is 37.5 Å². The summed E-state index contributed by atoms with van der Waals surface area (Å²) < 4.78 is 5.71. The van der Waals surface area contributed by atoms with Gasteiger partial charge in [0.25, 0.3) is 0 Å². The Balaban J connectivity index is 2.06. The van der Waals surface area contributed by atoms with Gasteiger partial charge in [0.15, 0.2) is 3.95 Å². The Kier molecular flexibility index (Phi) is 3.41. The highest BCUT2D eigenvalue weighted by molar-refractivity contribution is 7.73.